The predicted octanol–water partition coefficient (Wildman–Crippen LogP) is 5.76. The highest BCUT2D eigenvalue weighted by atomic mass is 127. The molecule has 0 radical (unpaired) electrons. The summed E-state index contributed by atoms with van der Waals surface area (Å²) in [6, 6.07) is 0. The molecule has 0 fully saturated rings. The minimum absolute atomic E-state index is 0.938. The van der Waals surface area contributed by atoms with Gasteiger partial charge in [0.25, 0.3) is 0 Å². The average Bonchev–Trinajstić information content (AvgIpc) is 2.37. The van der Waals surface area contributed by atoms with E-state index in [2.05, 4.69) is 37.9 Å². The summed E-state index contributed by atoms with van der Waals surface area (Å²) >= 11 is 1.95. The molecule has 0 aliphatic heterocycles. The molecule has 0 saturated carbocycles. The van der Waals surface area contributed by atoms with E-state index in [9.17, 15) is 0 Å². The lowest BCUT2D eigenvalue weighted by Crippen LogP contribution is -1.95. The Balaban J connectivity index is 5.53. The van der Waals surface area contributed by atoms with Crippen molar-refractivity contribution >= 4 is 29.2 Å². The van der Waals surface area contributed by atoms with Crippen molar-refractivity contribution in [3.05, 3.63) is 34.8 Å². The van der Waals surface area contributed by atoms with Gasteiger partial charge in [0.15, 0.2) is 23.0 Å². The van der Waals surface area contributed by atoms with Crippen LogP contribution in [0.1, 0.15) is 53.9 Å². The summed E-state index contributed by atoms with van der Waals surface area (Å²) in [5.74, 6) is 0.938. The molecule has 0 heterocycles. The van der Waals surface area contributed by atoms with Gasteiger partial charge in [0.05, 0.1) is 0 Å². The van der Waals surface area contributed by atoms with Crippen LogP contribution in [-0.4, -0.2) is 6.21 Å². The van der Waals surface area contributed by atoms with Gasteiger partial charge in [-0.3, -0.25) is 4.99 Å². The first-order chi connectivity index (χ1) is 8.62. The van der Waals surface area contributed by atoms with E-state index < -0.39 is 0 Å². The zero-order valence-corrected chi connectivity index (χ0v) is 14.2. The molecule has 102 valence electrons. The van der Waals surface area contributed by atoms with Crippen LogP contribution in [0.25, 0.3) is 0 Å². The number of hydrogen-bond donors (Lipinski definition) is 0. The fraction of sp³-hybridized carbons (Fsp3) is 0.533. The van der Waals surface area contributed by atoms with E-state index in [1.54, 1.807) is 0 Å². The number of allylic oxidation sites excluding steroid dienone is 4. The molecule has 0 spiro atoms. The van der Waals surface area contributed by atoms with Gasteiger partial charge >= 0.3 is 0 Å². The summed E-state index contributed by atoms with van der Waals surface area (Å²) in [5, 5.41) is 0. The molecule has 0 N–H and O–H groups in total. The maximum absolute atomic E-state index is 5.53. The van der Waals surface area contributed by atoms with E-state index in [4.69, 9.17) is 3.07 Å². The normalized spacial score (nSPS) is 15.0. The quantitative estimate of drug-likeness (QED) is 0.245. The van der Waals surface area contributed by atoms with Gasteiger partial charge in [-0.15, -0.1) is 0 Å². The maximum Gasteiger partial charge on any atom is 0.192 e. The average molecular weight is 361 g/mol. The van der Waals surface area contributed by atoms with E-state index in [0.29, 0.717) is 0 Å². The number of rotatable bonds is 7. The highest BCUT2D eigenvalue weighted by molar-refractivity contribution is 14.1. The van der Waals surface area contributed by atoms with Crippen LogP contribution in [0.15, 0.2) is 39.7 Å². The molecular weight excluding hydrogens is 337 g/mol. The monoisotopic (exact) mass is 361 g/mol. The highest BCUT2D eigenvalue weighted by Crippen LogP contribution is 2.25. The topological polar surface area (TPSA) is 21.6 Å². The van der Waals surface area contributed by atoms with Crippen molar-refractivity contribution in [1.82, 2.24) is 0 Å². The van der Waals surface area contributed by atoms with Gasteiger partial charge < -0.3 is 3.07 Å². The van der Waals surface area contributed by atoms with Crippen molar-refractivity contribution in [2.24, 2.45) is 4.99 Å². The Bertz CT molecular complexity index is 365. The van der Waals surface area contributed by atoms with Gasteiger partial charge in [-0.05, 0) is 39.2 Å². The molecule has 0 rings (SSSR count). The van der Waals surface area contributed by atoms with E-state index in [-0.39, 0.29) is 0 Å². The van der Waals surface area contributed by atoms with Gasteiger partial charge in [0.2, 0.25) is 0 Å². The van der Waals surface area contributed by atoms with Crippen LogP contribution in [0.5, 0.6) is 0 Å². The molecule has 18 heavy (non-hydrogen) atoms. The molecule has 0 aliphatic rings. The zero-order valence-electron chi connectivity index (χ0n) is 12.1. The molecule has 0 amide bonds. The molecular formula is C15H24INO. The Labute approximate surface area is 126 Å². The highest BCUT2D eigenvalue weighted by Gasteiger charge is 2.10. The van der Waals surface area contributed by atoms with E-state index >= 15 is 0 Å². The molecule has 3 heteroatoms. The minimum Gasteiger partial charge on any atom is -0.427 e. The summed E-state index contributed by atoms with van der Waals surface area (Å²) in [7, 11) is 0. The molecule has 0 aromatic heterocycles. The Hall–Kier alpha value is -0.580. The van der Waals surface area contributed by atoms with Gasteiger partial charge in [-0.2, -0.15) is 0 Å². The van der Waals surface area contributed by atoms with Crippen LogP contribution in [0.2, 0.25) is 0 Å². The van der Waals surface area contributed by atoms with Crippen LogP contribution < -0.4 is 0 Å². The molecule has 0 unspecified atom stereocenters. The Morgan fingerprint density at radius 1 is 1.28 bits per heavy atom. The van der Waals surface area contributed by atoms with Crippen LogP contribution in [0.4, 0.5) is 0 Å². The minimum atomic E-state index is 0.938. The first-order valence-corrected chi connectivity index (χ1v) is 7.35. The van der Waals surface area contributed by atoms with Crippen LogP contribution >= 0.6 is 23.0 Å². The third-order valence-electron chi connectivity index (χ3n) is 2.69. The summed E-state index contributed by atoms with van der Waals surface area (Å²) in [5.41, 5.74) is 3.31. The van der Waals surface area contributed by atoms with Crippen molar-refractivity contribution < 1.29 is 3.07 Å². The number of halogens is 1. The second-order valence-corrected chi connectivity index (χ2v) is 4.56. The smallest absolute Gasteiger partial charge is 0.192 e. The maximum atomic E-state index is 5.53. The lowest BCUT2D eigenvalue weighted by Gasteiger charge is -2.11. The first kappa shape index (κ1) is 17.4. The largest absolute Gasteiger partial charge is 0.427 e. The number of hydrogen-bond acceptors (Lipinski definition) is 2. The summed E-state index contributed by atoms with van der Waals surface area (Å²) in [4.78, 5) is 4.38. The predicted molar refractivity (Wildman–Crippen MR) is 89.0 cm³/mol. The SMILES string of the molecule is CC=N/C(C)=C(/C=C\CCC)C(\OI)=C(/C)CC. The van der Waals surface area contributed by atoms with Crippen molar-refractivity contribution in [2.45, 2.75) is 53.9 Å². The Kier molecular flexibility index (Phi) is 10.0. The molecule has 0 atom stereocenters. The molecule has 0 aromatic rings. The summed E-state index contributed by atoms with van der Waals surface area (Å²) in [6.45, 7) is 10.4. The van der Waals surface area contributed by atoms with Crippen LogP contribution in [0.3, 0.4) is 0 Å². The van der Waals surface area contributed by atoms with Crippen molar-refractivity contribution in [2.75, 3.05) is 0 Å². The molecule has 2 nitrogen and oxygen atoms in total. The van der Waals surface area contributed by atoms with Gasteiger partial charge in [0.1, 0.15) is 5.76 Å². The number of nitrogens with zero attached hydrogens (tertiary/aromatic N) is 1. The van der Waals surface area contributed by atoms with E-state index in [1.807, 2.05) is 43.1 Å². The lowest BCUT2D eigenvalue weighted by atomic mass is 10.1. The Morgan fingerprint density at radius 3 is 2.39 bits per heavy atom. The van der Waals surface area contributed by atoms with Crippen molar-refractivity contribution in [1.29, 1.82) is 0 Å². The fourth-order valence-electron chi connectivity index (χ4n) is 1.49. The number of unbranched alkanes of at least 4 members (excludes halogenated alkanes) is 1. The molecule has 0 saturated heterocycles. The van der Waals surface area contributed by atoms with E-state index in [0.717, 1.165) is 36.3 Å². The Morgan fingerprint density at radius 2 is 1.94 bits per heavy atom. The van der Waals surface area contributed by atoms with Crippen LogP contribution in [0, 0.1) is 0 Å². The van der Waals surface area contributed by atoms with Gasteiger partial charge in [0, 0.05) is 17.5 Å². The first-order valence-electron chi connectivity index (χ1n) is 6.47. The van der Waals surface area contributed by atoms with Crippen molar-refractivity contribution in [3.8, 4) is 0 Å². The summed E-state index contributed by atoms with van der Waals surface area (Å²) < 4.78 is 5.53. The summed E-state index contributed by atoms with van der Waals surface area (Å²) in [6.07, 6.45) is 9.33. The van der Waals surface area contributed by atoms with Gasteiger partial charge in [-0.1, -0.05) is 32.4 Å². The second-order valence-electron chi connectivity index (χ2n) is 4.12. The molecule has 0 aromatic carbocycles. The van der Waals surface area contributed by atoms with Crippen molar-refractivity contribution in [3.63, 3.8) is 0 Å². The van der Waals surface area contributed by atoms with Gasteiger partial charge in [-0.25, -0.2) is 0 Å². The lowest BCUT2D eigenvalue weighted by molar-refractivity contribution is 0.563. The third-order valence-corrected chi connectivity index (χ3v) is 3.13. The molecule has 0 bridgehead atoms. The van der Waals surface area contributed by atoms with Crippen LogP contribution in [-0.2, 0) is 3.07 Å². The fourth-order valence-corrected chi connectivity index (χ4v) is 2.10. The second kappa shape index (κ2) is 10.4. The van der Waals surface area contributed by atoms with E-state index in [1.165, 1.54) is 5.57 Å². The third kappa shape index (κ3) is 5.85. The zero-order chi connectivity index (χ0) is 14.0. The standard InChI is InChI=1S/C15H24INO/c1-6-9-10-11-14(13(5)17-8-3)15(18-16)12(4)7-2/h8,10-11H,6-7,9H2,1-5H3/b11-10-,14-13-,15-12-,17-8?. The number of aliphatic imine (C=N–C) groups is 1. The molecule has 0 aliphatic carbocycles.